The van der Waals surface area contributed by atoms with Gasteiger partial charge in [-0.1, -0.05) is 19.9 Å². The zero-order chi connectivity index (χ0) is 22.1. The van der Waals surface area contributed by atoms with Crippen LogP contribution in [0.5, 0.6) is 5.75 Å². The number of nitrogens with zero attached hydrogens (tertiary/aromatic N) is 1. The number of sulfonamides is 1. The summed E-state index contributed by atoms with van der Waals surface area (Å²) in [6.45, 7) is 7.79. The molecule has 0 unspecified atom stereocenters. The maximum atomic E-state index is 13.0. The summed E-state index contributed by atoms with van der Waals surface area (Å²) in [6, 6.07) is 10.1. The molecule has 0 saturated carbocycles. The lowest BCUT2D eigenvalue weighted by Gasteiger charge is -2.20. The molecule has 1 amide bonds. The minimum Gasteiger partial charge on any atom is -0.497 e. The van der Waals surface area contributed by atoms with Crippen molar-refractivity contribution in [2.24, 2.45) is 0 Å². The molecule has 1 N–H and O–H groups in total. The van der Waals surface area contributed by atoms with Crippen molar-refractivity contribution in [3.05, 3.63) is 53.3 Å². The van der Waals surface area contributed by atoms with Gasteiger partial charge in [0.1, 0.15) is 17.1 Å². The highest BCUT2D eigenvalue weighted by molar-refractivity contribution is 7.89. The molecule has 0 aliphatic carbocycles. The SMILES string of the molecule is CCN(CC)S(=O)(=O)c1cc(NC(=O)c2c(C)oc3ccc(OC)cc23)ccc1C. The van der Waals surface area contributed by atoms with E-state index in [2.05, 4.69) is 5.32 Å². The van der Waals surface area contributed by atoms with Crippen LogP contribution in [0, 0.1) is 13.8 Å². The van der Waals surface area contributed by atoms with E-state index < -0.39 is 10.0 Å². The van der Waals surface area contributed by atoms with Crippen LogP contribution < -0.4 is 10.1 Å². The second kappa shape index (κ2) is 8.49. The van der Waals surface area contributed by atoms with Crippen LogP contribution in [-0.4, -0.2) is 38.8 Å². The van der Waals surface area contributed by atoms with Crippen LogP contribution in [0.25, 0.3) is 11.0 Å². The van der Waals surface area contributed by atoms with Gasteiger partial charge in [-0.15, -0.1) is 0 Å². The van der Waals surface area contributed by atoms with Crippen molar-refractivity contribution < 1.29 is 22.4 Å². The maximum Gasteiger partial charge on any atom is 0.259 e. The molecule has 1 heterocycles. The van der Waals surface area contributed by atoms with E-state index in [1.165, 1.54) is 10.4 Å². The van der Waals surface area contributed by atoms with E-state index in [0.29, 0.717) is 52.4 Å². The van der Waals surface area contributed by atoms with Gasteiger partial charge in [0.15, 0.2) is 0 Å². The number of aryl methyl sites for hydroxylation is 2. The van der Waals surface area contributed by atoms with E-state index in [-0.39, 0.29) is 10.8 Å². The number of amides is 1. The molecule has 3 aromatic rings. The van der Waals surface area contributed by atoms with Gasteiger partial charge < -0.3 is 14.5 Å². The van der Waals surface area contributed by atoms with E-state index in [4.69, 9.17) is 9.15 Å². The van der Waals surface area contributed by atoms with Crippen molar-refractivity contribution in [2.45, 2.75) is 32.6 Å². The summed E-state index contributed by atoms with van der Waals surface area (Å²) in [4.78, 5) is 13.2. The zero-order valence-electron chi connectivity index (χ0n) is 17.8. The van der Waals surface area contributed by atoms with Crippen LogP contribution in [0.4, 0.5) is 5.69 Å². The fraction of sp³-hybridized carbons (Fsp3) is 0.318. The van der Waals surface area contributed by atoms with Crippen LogP contribution in [0.15, 0.2) is 45.7 Å². The number of rotatable bonds is 7. The van der Waals surface area contributed by atoms with Crippen molar-refractivity contribution in [2.75, 3.05) is 25.5 Å². The third-order valence-corrected chi connectivity index (χ3v) is 7.26. The number of furan rings is 1. The number of carbonyl (C=O) groups is 1. The molecule has 0 radical (unpaired) electrons. The summed E-state index contributed by atoms with van der Waals surface area (Å²) < 4.78 is 38.3. The number of anilines is 1. The zero-order valence-corrected chi connectivity index (χ0v) is 18.6. The number of hydrogen-bond acceptors (Lipinski definition) is 5. The molecule has 2 aromatic carbocycles. The Kier molecular flexibility index (Phi) is 6.19. The average molecular weight is 431 g/mol. The standard InChI is InChI=1S/C22H26N2O5S/c1-6-24(7-2)30(26,27)20-12-16(9-8-14(20)3)23-22(25)21-15(4)29-19-11-10-17(28-5)13-18(19)21/h8-13H,6-7H2,1-5H3,(H,23,25). The molecule has 1 aromatic heterocycles. The van der Waals surface area contributed by atoms with Crippen molar-refractivity contribution in [1.29, 1.82) is 0 Å². The van der Waals surface area contributed by atoms with E-state index in [1.54, 1.807) is 65.1 Å². The van der Waals surface area contributed by atoms with Crippen LogP contribution >= 0.6 is 0 Å². The van der Waals surface area contributed by atoms with Crippen molar-refractivity contribution >= 4 is 32.6 Å². The highest BCUT2D eigenvalue weighted by atomic mass is 32.2. The third kappa shape index (κ3) is 3.93. The van der Waals surface area contributed by atoms with Gasteiger partial charge in [-0.3, -0.25) is 4.79 Å². The Bertz CT molecular complexity index is 1190. The van der Waals surface area contributed by atoms with E-state index in [1.807, 2.05) is 0 Å². The molecule has 0 bridgehead atoms. The van der Waals surface area contributed by atoms with Gasteiger partial charge in [-0.05, 0) is 49.7 Å². The van der Waals surface area contributed by atoms with Gasteiger partial charge in [0, 0.05) is 24.2 Å². The highest BCUT2D eigenvalue weighted by Crippen LogP contribution is 2.30. The molecule has 0 saturated heterocycles. The Hall–Kier alpha value is -2.84. The fourth-order valence-corrected chi connectivity index (χ4v) is 5.17. The van der Waals surface area contributed by atoms with Crippen molar-refractivity contribution in [3.63, 3.8) is 0 Å². The third-order valence-electron chi connectivity index (χ3n) is 5.07. The summed E-state index contributed by atoms with van der Waals surface area (Å²) in [5.74, 6) is 0.702. The number of fused-ring (bicyclic) bond motifs is 1. The largest absolute Gasteiger partial charge is 0.497 e. The molecular formula is C22H26N2O5S. The number of ether oxygens (including phenoxy) is 1. The normalized spacial score (nSPS) is 11.8. The Morgan fingerprint density at radius 2 is 1.80 bits per heavy atom. The molecular weight excluding hydrogens is 404 g/mol. The second-order valence-corrected chi connectivity index (χ2v) is 8.83. The fourth-order valence-electron chi connectivity index (χ4n) is 3.46. The van der Waals surface area contributed by atoms with Crippen molar-refractivity contribution in [1.82, 2.24) is 4.31 Å². The summed E-state index contributed by atoms with van der Waals surface area (Å²) in [6.07, 6.45) is 0. The molecule has 30 heavy (non-hydrogen) atoms. The first-order chi connectivity index (χ1) is 14.2. The van der Waals surface area contributed by atoms with E-state index in [9.17, 15) is 13.2 Å². The van der Waals surface area contributed by atoms with Crippen LogP contribution in [0.2, 0.25) is 0 Å². The lowest BCUT2D eigenvalue weighted by Crippen LogP contribution is -2.31. The Labute approximate surface area is 176 Å². The van der Waals surface area contributed by atoms with E-state index in [0.717, 1.165) is 0 Å². The molecule has 160 valence electrons. The van der Waals surface area contributed by atoms with Gasteiger partial charge in [-0.25, -0.2) is 8.42 Å². The topological polar surface area (TPSA) is 88.9 Å². The predicted molar refractivity (Wildman–Crippen MR) is 117 cm³/mol. The van der Waals surface area contributed by atoms with Gasteiger partial charge in [-0.2, -0.15) is 4.31 Å². The number of nitrogens with one attached hydrogen (secondary N) is 1. The smallest absolute Gasteiger partial charge is 0.259 e. The highest BCUT2D eigenvalue weighted by Gasteiger charge is 2.25. The molecule has 0 aliphatic rings. The number of benzene rings is 2. The Balaban J connectivity index is 1.99. The van der Waals surface area contributed by atoms with E-state index >= 15 is 0 Å². The van der Waals surface area contributed by atoms with Gasteiger partial charge in [0.2, 0.25) is 10.0 Å². The molecule has 0 spiro atoms. The lowest BCUT2D eigenvalue weighted by atomic mass is 10.1. The number of methoxy groups -OCH3 is 1. The molecule has 3 rings (SSSR count). The van der Waals surface area contributed by atoms with Gasteiger partial charge >= 0.3 is 0 Å². The van der Waals surface area contributed by atoms with Gasteiger partial charge in [0.25, 0.3) is 5.91 Å². The minimum atomic E-state index is -3.65. The lowest BCUT2D eigenvalue weighted by molar-refractivity contribution is 0.102. The maximum absolute atomic E-state index is 13.0. The monoisotopic (exact) mass is 430 g/mol. The molecule has 8 heteroatoms. The Morgan fingerprint density at radius 1 is 1.10 bits per heavy atom. The molecule has 0 fully saturated rings. The van der Waals surface area contributed by atoms with Crippen LogP contribution in [0.3, 0.4) is 0 Å². The molecule has 0 atom stereocenters. The predicted octanol–water partition coefficient (Wildman–Crippen LogP) is 4.34. The number of carbonyl (C=O) groups excluding carboxylic acids is 1. The quantitative estimate of drug-likeness (QED) is 0.602. The summed E-state index contributed by atoms with van der Waals surface area (Å²) in [5, 5.41) is 3.44. The Morgan fingerprint density at radius 3 is 2.43 bits per heavy atom. The number of hydrogen-bond donors (Lipinski definition) is 1. The van der Waals surface area contributed by atoms with Gasteiger partial charge in [0.05, 0.1) is 17.6 Å². The summed E-state index contributed by atoms with van der Waals surface area (Å²) in [5.41, 5.74) is 1.98. The average Bonchev–Trinajstić information content (AvgIpc) is 3.04. The van der Waals surface area contributed by atoms with Crippen LogP contribution in [0.1, 0.15) is 35.5 Å². The molecule has 0 aliphatic heterocycles. The first-order valence-corrected chi connectivity index (χ1v) is 11.2. The second-order valence-electron chi connectivity index (χ2n) is 6.92. The first-order valence-electron chi connectivity index (χ1n) is 9.72. The summed E-state index contributed by atoms with van der Waals surface area (Å²) >= 11 is 0. The summed E-state index contributed by atoms with van der Waals surface area (Å²) in [7, 11) is -2.10. The van der Waals surface area contributed by atoms with Crippen LogP contribution in [-0.2, 0) is 10.0 Å². The molecule has 7 nitrogen and oxygen atoms in total. The van der Waals surface area contributed by atoms with Crippen molar-refractivity contribution in [3.8, 4) is 5.75 Å². The first kappa shape index (κ1) is 21.9. The minimum absolute atomic E-state index is 0.180.